The van der Waals surface area contributed by atoms with Crippen molar-refractivity contribution in [1.82, 2.24) is 14.9 Å². The summed E-state index contributed by atoms with van der Waals surface area (Å²) in [5.74, 6) is -1.98. The third-order valence-corrected chi connectivity index (χ3v) is 8.99. The van der Waals surface area contributed by atoms with Crippen LogP contribution in [0.5, 0.6) is 0 Å². The topological polar surface area (TPSA) is 83.8 Å². The van der Waals surface area contributed by atoms with Crippen LogP contribution < -0.4 is 10.2 Å². The minimum absolute atomic E-state index is 0.243. The molecule has 5 rings (SSSR count). The van der Waals surface area contributed by atoms with Crippen LogP contribution in [0.1, 0.15) is 47.6 Å². The highest BCUT2D eigenvalue weighted by molar-refractivity contribution is 7.92. The van der Waals surface area contributed by atoms with Gasteiger partial charge in [-0.3, -0.25) is 4.79 Å². The molecule has 0 amide bonds. The van der Waals surface area contributed by atoms with Gasteiger partial charge in [-0.25, -0.2) is 21.7 Å². The highest BCUT2D eigenvalue weighted by Gasteiger charge is 2.32. The molecule has 1 aromatic carbocycles. The zero-order chi connectivity index (χ0) is 23.9. The average molecular weight is 489 g/mol. The summed E-state index contributed by atoms with van der Waals surface area (Å²) < 4.78 is 55.5. The number of anilines is 1. The molecule has 2 aliphatic rings. The Labute approximate surface area is 196 Å². The van der Waals surface area contributed by atoms with E-state index >= 15 is 0 Å². The fourth-order valence-corrected chi connectivity index (χ4v) is 6.78. The van der Waals surface area contributed by atoms with Crippen molar-refractivity contribution in [3.8, 4) is 0 Å². The van der Waals surface area contributed by atoms with Gasteiger partial charge in [0.25, 0.3) is 0 Å². The van der Waals surface area contributed by atoms with Crippen LogP contribution in [0.4, 0.5) is 14.5 Å². The Morgan fingerprint density at radius 2 is 1.91 bits per heavy atom. The van der Waals surface area contributed by atoms with Gasteiger partial charge in [-0.2, -0.15) is 5.10 Å². The van der Waals surface area contributed by atoms with Crippen LogP contribution in [-0.2, 0) is 9.84 Å². The van der Waals surface area contributed by atoms with Crippen LogP contribution in [0.2, 0.25) is 0 Å². The molecule has 1 N–H and O–H groups in total. The van der Waals surface area contributed by atoms with Gasteiger partial charge < -0.3 is 10.2 Å². The summed E-state index contributed by atoms with van der Waals surface area (Å²) in [5.41, 5.74) is 1.78. The minimum atomic E-state index is -3.57. The third kappa shape index (κ3) is 4.32. The van der Waals surface area contributed by atoms with Crippen molar-refractivity contribution in [3.63, 3.8) is 0 Å². The first-order chi connectivity index (χ1) is 16.3. The third-order valence-electron chi connectivity index (χ3n) is 6.83. The number of carbonyl (C=O) groups excluding carboxylic acids is 1. The molecule has 10 heteroatoms. The number of nitrogens with zero attached hydrogens (tertiary/aromatic N) is 3. The Hall–Kier alpha value is -2.85. The fraction of sp³-hybridized carbons (Fsp3) is 0.417. The number of halogens is 2. The number of benzene rings is 1. The second-order valence-electron chi connectivity index (χ2n) is 8.97. The molecule has 3 aromatic rings. The highest BCUT2D eigenvalue weighted by atomic mass is 32.2. The van der Waals surface area contributed by atoms with Gasteiger partial charge >= 0.3 is 0 Å². The van der Waals surface area contributed by atoms with E-state index < -0.39 is 38.3 Å². The molecule has 0 radical (unpaired) electrons. The maximum atomic E-state index is 14.5. The molecule has 7 nitrogen and oxygen atoms in total. The number of hydrogen-bond donors (Lipinski definition) is 1. The van der Waals surface area contributed by atoms with Crippen LogP contribution in [-0.4, -0.2) is 54.5 Å². The number of hydrogen-bond acceptors (Lipinski definition) is 6. The monoisotopic (exact) mass is 488 g/mol. The molecule has 2 fully saturated rings. The zero-order valence-corrected chi connectivity index (χ0v) is 19.4. The molecule has 34 heavy (non-hydrogen) atoms. The predicted octanol–water partition coefficient (Wildman–Crippen LogP) is 3.30. The number of Topliss-reactive ketones (excluding diaryl/α,β-unsaturated/α-hetero) is 1. The van der Waals surface area contributed by atoms with E-state index in [1.807, 2.05) is 11.0 Å². The average Bonchev–Trinajstić information content (AvgIpc) is 3.48. The summed E-state index contributed by atoms with van der Waals surface area (Å²) >= 11 is 0. The number of piperidine rings is 1. The van der Waals surface area contributed by atoms with Gasteiger partial charge in [0.05, 0.1) is 28.6 Å². The largest absolute Gasteiger partial charge is 0.364 e. The zero-order valence-electron chi connectivity index (χ0n) is 18.6. The van der Waals surface area contributed by atoms with Gasteiger partial charge in [-0.15, -0.1) is 0 Å². The van der Waals surface area contributed by atoms with E-state index in [0.717, 1.165) is 24.2 Å². The van der Waals surface area contributed by atoms with Crippen molar-refractivity contribution < 1.29 is 22.0 Å². The van der Waals surface area contributed by atoms with Gasteiger partial charge in [0.2, 0.25) is 0 Å². The SMILES string of the molecule is O=C(CS(=O)(=O)C1CCNCC1)c1cnn2ccc(N3CCC[C@@H]3c3cc(F)ccc3F)cc12. The first kappa shape index (κ1) is 22.9. The Morgan fingerprint density at radius 1 is 1.12 bits per heavy atom. The van der Waals surface area contributed by atoms with Crippen LogP contribution in [0.15, 0.2) is 42.7 Å². The molecule has 180 valence electrons. The number of pyridine rings is 1. The van der Waals surface area contributed by atoms with Crippen molar-refractivity contribution in [3.05, 3.63) is 65.5 Å². The number of carbonyl (C=O) groups is 1. The van der Waals surface area contributed by atoms with Gasteiger partial charge in [0.15, 0.2) is 15.6 Å². The standard InChI is InChI=1S/C24H26F2N4O3S/c25-16-3-4-21(26)19(12-16)22-2-1-10-29(22)17-7-11-30-23(13-17)20(14-28-30)24(31)15-34(32,33)18-5-8-27-9-6-18/h3-4,7,11-14,18,22,27H,1-2,5-6,8-10,15H2/t22-/m1/s1. The minimum Gasteiger partial charge on any atom is -0.364 e. The summed E-state index contributed by atoms with van der Waals surface area (Å²) in [4.78, 5) is 15.0. The summed E-state index contributed by atoms with van der Waals surface area (Å²) in [6.45, 7) is 1.90. The normalized spacial score (nSPS) is 19.7. The van der Waals surface area contributed by atoms with E-state index in [4.69, 9.17) is 0 Å². The number of fused-ring (bicyclic) bond motifs is 1. The molecule has 2 aliphatic heterocycles. The first-order valence-corrected chi connectivity index (χ1v) is 13.2. The number of ketones is 1. The highest BCUT2D eigenvalue weighted by Crippen LogP contribution is 2.38. The second-order valence-corrected chi connectivity index (χ2v) is 11.3. The molecule has 0 spiro atoms. The number of aromatic nitrogens is 2. The second kappa shape index (κ2) is 9.07. The van der Waals surface area contributed by atoms with Crippen molar-refractivity contribution in [1.29, 1.82) is 0 Å². The summed E-state index contributed by atoms with van der Waals surface area (Å²) in [5, 5.41) is 6.84. The van der Waals surface area contributed by atoms with E-state index in [9.17, 15) is 22.0 Å². The molecule has 0 bridgehead atoms. The lowest BCUT2D eigenvalue weighted by Crippen LogP contribution is -2.38. The first-order valence-electron chi connectivity index (χ1n) is 11.5. The summed E-state index contributed by atoms with van der Waals surface area (Å²) in [7, 11) is -3.57. The molecular weight excluding hydrogens is 462 g/mol. The van der Waals surface area contributed by atoms with Crippen LogP contribution >= 0.6 is 0 Å². The quantitative estimate of drug-likeness (QED) is 0.536. The summed E-state index contributed by atoms with van der Waals surface area (Å²) in [6.07, 6.45) is 5.58. The fourth-order valence-electron chi connectivity index (χ4n) is 5.06. The van der Waals surface area contributed by atoms with E-state index in [1.165, 1.54) is 16.8 Å². The predicted molar refractivity (Wildman–Crippen MR) is 125 cm³/mol. The lowest BCUT2D eigenvalue weighted by Gasteiger charge is -2.27. The van der Waals surface area contributed by atoms with E-state index in [-0.39, 0.29) is 11.6 Å². The molecule has 2 saturated heterocycles. The molecule has 0 unspecified atom stereocenters. The Bertz CT molecular complexity index is 1340. The van der Waals surface area contributed by atoms with Gasteiger partial charge in [-0.05, 0) is 69.1 Å². The molecular formula is C24H26F2N4O3S. The van der Waals surface area contributed by atoms with Crippen LogP contribution in [0.3, 0.4) is 0 Å². The van der Waals surface area contributed by atoms with Crippen LogP contribution in [0, 0.1) is 11.6 Å². The smallest absolute Gasteiger partial charge is 0.181 e. The molecule has 2 aromatic heterocycles. The lowest BCUT2D eigenvalue weighted by molar-refractivity contribution is 0.102. The number of sulfone groups is 1. The molecule has 0 saturated carbocycles. The molecule has 4 heterocycles. The number of rotatable bonds is 6. The maximum Gasteiger partial charge on any atom is 0.181 e. The summed E-state index contributed by atoms with van der Waals surface area (Å²) in [6, 6.07) is 6.73. The van der Waals surface area contributed by atoms with Gasteiger partial charge in [-0.1, -0.05) is 0 Å². The van der Waals surface area contributed by atoms with E-state index in [1.54, 1.807) is 12.3 Å². The lowest BCUT2D eigenvalue weighted by atomic mass is 10.0. The van der Waals surface area contributed by atoms with Crippen molar-refractivity contribution in [2.24, 2.45) is 0 Å². The Morgan fingerprint density at radius 3 is 2.71 bits per heavy atom. The Balaban J connectivity index is 1.44. The van der Waals surface area contributed by atoms with E-state index in [2.05, 4.69) is 10.4 Å². The number of nitrogens with one attached hydrogen (secondary N) is 1. The van der Waals surface area contributed by atoms with E-state index in [0.29, 0.717) is 50.0 Å². The van der Waals surface area contributed by atoms with Crippen LogP contribution in [0.25, 0.3) is 5.52 Å². The van der Waals surface area contributed by atoms with Crippen molar-refractivity contribution in [2.45, 2.75) is 37.0 Å². The molecule has 1 atom stereocenters. The maximum absolute atomic E-state index is 14.5. The van der Waals surface area contributed by atoms with Gasteiger partial charge in [0, 0.05) is 24.0 Å². The van der Waals surface area contributed by atoms with Gasteiger partial charge in [0.1, 0.15) is 17.4 Å². The Kier molecular flexibility index (Phi) is 6.11. The van der Waals surface area contributed by atoms with Crippen molar-refractivity contribution >= 4 is 26.8 Å². The molecule has 0 aliphatic carbocycles. The van der Waals surface area contributed by atoms with Crippen molar-refractivity contribution in [2.75, 3.05) is 30.3 Å².